The van der Waals surface area contributed by atoms with Crippen LogP contribution >= 0.6 is 26.8 Å². The Hall–Kier alpha value is 3.73. The van der Waals surface area contributed by atoms with Gasteiger partial charge in [-0.2, -0.15) is 0 Å². The minimum absolute atomic E-state index is 0. The van der Waals surface area contributed by atoms with E-state index >= 15 is 0 Å². The summed E-state index contributed by atoms with van der Waals surface area (Å²) >= 11 is 4.46. The molecule has 0 fully saturated rings. The number of alkyl halides is 1. The van der Waals surface area contributed by atoms with Crippen LogP contribution in [0.1, 0.15) is 0 Å². The molecule has 0 spiro atoms. The molecule has 0 bridgehead atoms. The van der Waals surface area contributed by atoms with Crippen LogP contribution in [-0.2, 0) is 9.13 Å². The van der Waals surface area contributed by atoms with Crippen LogP contribution in [0.5, 0.6) is 0 Å². The third-order valence-corrected chi connectivity index (χ3v) is 4.70. The van der Waals surface area contributed by atoms with E-state index in [4.69, 9.17) is 0 Å². The fourth-order valence-electron chi connectivity index (χ4n) is 0.173. The van der Waals surface area contributed by atoms with Gasteiger partial charge in [-0.3, -0.25) is 0 Å². The Morgan fingerprint density at radius 1 is 0.917 bits per heavy atom. The molecule has 0 aliphatic rings. The third kappa shape index (κ3) is 8.99. The molecule has 0 rings (SSSR count). The van der Waals surface area contributed by atoms with Crippen molar-refractivity contribution < 1.29 is 28.7 Å². The number of hydrogen-bond acceptors (Lipinski definition) is 6. The van der Waals surface area contributed by atoms with E-state index in [2.05, 4.69) is 11.6 Å². The van der Waals surface area contributed by atoms with Crippen molar-refractivity contribution in [2.45, 2.75) is 4.86 Å². The van der Waals surface area contributed by atoms with E-state index in [0.717, 1.165) is 0 Å². The summed E-state index contributed by atoms with van der Waals surface area (Å²) in [6.07, 6.45) is 0. The first kappa shape index (κ1) is 21.1. The number of halogens is 1. The molecule has 0 N–H and O–H groups in total. The minimum Gasteiger partial charge on any atom is -0.809 e. The van der Waals surface area contributed by atoms with E-state index in [1.807, 2.05) is 0 Å². The van der Waals surface area contributed by atoms with Crippen molar-refractivity contribution in [1.82, 2.24) is 0 Å². The van der Waals surface area contributed by atoms with E-state index in [1.165, 1.54) is 0 Å². The molecule has 0 aliphatic carbocycles. The van der Waals surface area contributed by atoms with Gasteiger partial charge in [-0.15, -0.1) is 11.6 Å². The SMILES string of the molecule is O=P([O-])([O-])C(Cl)P(=O)([O-])[O-].[Ba+2].[Ba+2]. The van der Waals surface area contributed by atoms with Crippen LogP contribution in [0.25, 0.3) is 0 Å². The molecule has 0 aromatic heterocycles. The third-order valence-electron chi connectivity index (χ3n) is 0.522. The average Bonchev–Trinajstić information content (AvgIpc) is 1.59. The maximum absolute atomic E-state index is 9.75. The zero-order valence-electron chi connectivity index (χ0n) is 5.71. The van der Waals surface area contributed by atoms with Crippen LogP contribution in [0, 0.1) is 0 Å². The summed E-state index contributed by atoms with van der Waals surface area (Å²) in [6.45, 7) is 0. The first-order chi connectivity index (χ1) is 4.15. The van der Waals surface area contributed by atoms with Crippen LogP contribution in [0.4, 0.5) is 0 Å². The minimum atomic E-state index is -5.50. The second-order valence-corrected chi connectivity index (χ2v) is 6.03. The van der Waals surface area contributed by atoms with Gasteiger partial charge in [0.15, 0.2) is 0 Å². The first-order valence-electron chi connectivity index (χ1n) is 1.83. The molecule has 0 atom stereocenters. The van der Waals surface area contributed by atoms with Gasteiger partial charge in [0.05, 0.1) is 4.86 Å². The Bertz CT molecular complexity index is 186. The topological polar surface area (TPSA) is 126 Å². The Labute approximate surface area is 154 Å². The van der Waals surface area contributed by atoms with E-state index in [9.17, 15) is 28.7 Å². The molecule has 0 heterocycles. The molecule has 0 saturated carbocycles. The molecule has 0 aliphatic heterocycles. The Balaban J connectivity index is -0.000000405. The zero-order chi connectivity index (χ0) is 8.58. The Morgan fingerprint density at radius 3 is 1.08 bits per heavy atom. The molecule has 0 aromatic carbocycles. The van der Waals surface area contributed by atoms with Crippen molar-refractivity contribution >= 4 is 125 Å². The van der Waals surface area contributed by atoms with Gasteiger partial charge in [0, 0.05) is 0 Å². The summed E-state index contributed by atoms with van der Waals surface area (Å²) in [5.74, 6) is 0. The van der Waals surface area contributed by atoms with Gasteiger partial charge in [-0.05, 0) is 15.2 Å². The summed E-state index contributed by atoms with van der Waals surface area (Å²) in [5.41, 5.74) is 0. The van der Waals surface area contributed by atoms with Crippen molar-refractivity contribution in [3.63, 3.8) is 0 Å². The van der Waals surface area contributed by atoms with Crippen LogP contribution in [0.15, 0.2) is 0 Å². The van der Waals surface area contributed by atoms with Crippen LogP contribution in [0.3, 0.4) is 0 Å². The van der Waals surface area contributed by atoms with Crippen molar-refractivity contribution in [2.75, 3.05) is 0 Å². The van der Waals surface area contributed by atoms with Gasteiger partial charge < -0.3 is 28.7 Å². The fourth-order valence-corrected chi connectivity index (χ4v) is 1.56. The predicted octanol–water partition coefficient (Wildman–Crippen LogP) is -3.43. The quantitative estimate of drug-likeness (QED) is 0.230. The smallest absolute Gasteiger partial charge is 0.809 e. The second kappa shape index (κ2) is 7.92. The van der Waals surface area contributed by atoms with Gasteiger partial charge in [0.1, 0.15) is 0 Å². The van der Waals surface area contributed by atoms with Crippen LogP contribution in [0.2, 0.25) is 0 Å². The van der Waals surface area contributed by atoms with Gasteiger partial charge in [0.25, 0.3) is 0 Å². The molecule has 12 heavy (non-hydrogen) atoms. The van der Waals surface area contributed by atoms with E-state index < -0.39 is 20.1 Å². The van der Waals surface area contributed by atoms with E-state index in [1.54, 1.807) is 0 Å². The monoisotopic (exact) mass is 482 g/mol. The number of hydrogen-bond donors (Lipinski definition) is 0. The summed E-state index contributed by atoms with van der Waals surface area (Å²) in [4.78, 5) is 36.1. The van der Waals surface area contributed by atoms with E-state index in [-0.39, 0.29) is 97.8 Å². The Morgan fingerprint density at radius 2 is 1.08 bits per heavy atom. The number of rotatable bonds is 2. The van der Waals surface area contributed by atoms with Crippen molar-refractivity contribution in [1.29, 1.82) is 0 Å². The van der Waals surface area contributed by atoms with Crippen molar-refractivity contribution in [2.24, 2.45) is 0 Å². The van der Waals surface area contributed by atoms with Crippen molar-refractivity contribution in [3.05, 3.63) is 0 Å². The molecule has 0 unspecified atom stereocenters. The molecule has 0 radical (unpaired) electrons. The van der Waals surface area contributed by atoms with Gasteiger partial charge in [-0.25, -0.2) is 0 Å². The average molecular weight is 481 g/mol. The molecule has 11 heteroatoms. The summed E-state index contributed by atoms with van der Waals surface area (Å²) in [6, 6.07) is 0. The van der Waals surface area contributed by atoms with Gasteiger partial charge in [0.2, 0.25) is 0 Å². The summed E-state index contributed by atoms with van der Waals surface area (Å²) in [7, 11) is -11.0. The van der Waals surface area contributed by atoms with Crippen molar-refractivity contribution in [3.8, 4) is 0 Å². The molecule has 6 nitrogen and oxygen atoms in total. The van der Waals surface area contributed by atoms with Crippen LogP contribution in [-0.4, -0.2) is 103 Å². The molecular formula is CHBa2ClO6P2. The van der Waals surface area contributed by atoms with Crippen LogP contribution < -0.4 is 19.6 Å². The maximum Gasteiger partial charge on any atom is 2.00 e. The maximum atomic E-state index is 9.75. The largest absolute Gasteiger partial charge is 2.00 e. The Kier molecular flexibility index (Phi) is 13.9. The van der Waals surface area contributed by atoms with E-state index in [0.29, 0.717) is 0 Å². The zero-order valence-corrected chi connectivity index (χ0v) is 17.1. The summed E-state index contributed by atoms with van der Waals surface area (Å²) in [5, 5.41) is 0. The summed E-state index contributed by atoms with van der Waals surface area (Å²) < 4.78 is 19.5. The standard InChI is InChI=1S/CH5ClO6P2.2Ba/c2-1(9(3,4)5)10(6,7)8;;/h1H,(H2,3,4,5)(H2,6,7,8);;/q;2*+2/p-4. The second-order valence-electron chi connectivity index (χ2n) is 1.39. The molecule has 0 aromatic rings. The fraction of sp³-hybridized carbons (Fsp3) is 1.00. The molecule has 0 amide bonds. The molecular weight excluding hydrogens is 480 g/mol. The molecule has 0 saturated heterocycles. The van der Waals surface area contributed by atoms with Gasteiger partial charge in [-0.1, -0.05) is 0 Å². The predicted molar refractivity (Wildman–Crippen MR) is 36.4 cm³/mol. The van der Waals surface area contributed by atoms with Gasteiger partial charge >= 0.3 is 97.8 Å². The first-order valence-corrected chi connectivity index (χ1v) is 5.49. The normalized spacial score (nSPS) is 11.8. The molecule has 62 valence electrons.